The molecule has 0 saturated carbocycles. The van der Waals surface area contributed by atoms with Gasteiger partial charge < -0.3 is 10.1 Å². The Hall–Kier alpha value is -1.16. The largest absolute Gasteiger partial charge is 0.383 e. The summed E-state index contributed by atoms with van der Waals surface area (Å²) < 4.78 is 5.85. The molecule has 0 aliphatic heterocycles. The van der Waals surface area contributed by atoms with Crippen molar-refractivity contribution in [3.8, 4) is 6.07 Å². The molecule has 0 aromatic carbocycles. The Morgan fingerprint density at radius 3 is 3.00 bits per heavy atom. The van der Waals surface area contributed by atoms with Gasteiger partial charge in [-0.3, -0.25) is 4.79 Å². The Kier molecular flexibility index (Phi) is 6.05. The lowest BCUT2D eigenvalue weighted by Crippen LogP contribution is -2.36. The number of nitrogens with one attached hydrogen (secondary N) is 1. The summed E-state index contributed by atoms with van der Waals surface area (Å²) in [5.74, 6) is -0.383. The summed E-state index contributed by atoms with van der Waals surface area (Å²) in [5, 5.41) is 13.6. The number of carbonyl (C=O) groups is 1. The molecule has 18 heavy (non-hydrogen) atoms. The van der Waals surface area contributed by atoms with Crippen LogP contribution < -0.4 is 5.32 Å². The maximum atomic E-state index is 11.8. The second kappa shape index (κ2) is 7.31. The first-order valence-corrected chi connectivity index (χ1v) is 6.89. The molecule has 4 nitrogen and oxygen atoms in total. The predicted molar refractivity (Wildman–Crippen MR) is 75.1 cm³/mol. The summed E-state index contributed by atoms with van der Waals surface area (Å²) in [5.41, 5.74) is 0.0901. The normalized spacial score (nSPS) is 12.9. The quantitative estimate of drug-likeness (QED) is 0.667. The second-order valence-corrected chi connectivity index (χ2v) is 5.53. The van der Waals surface area contributed by atoms with Crippen molar-refractivity contribution in [3.05, 3.63) is 26.4 Å². The number of carbonyl (C=O) groups excluding carboxylic acids is 1. The van der Waals surface area contributed by atoms with Crippen molar-refractivity contribution >= 4 is 39.2 Å². The Balaban J connectivity index is 2.75. The van der Waals surface area contributed by atoms with Gasteiger partial charge in [0.2, 0.25) is 0 Å². The molecule has 0 bridgehead atoms. The zero-order valence-electron chi connectivity index (χ0n) is 10.1. The van der Waals surface area contributed by atoms with Gasteiger partial charge in [-0.05, 0) is 35.0 Å². The highest BCUT2D eigenvalue weighted by atomic mass is 79.9. The minimum atomic E-state index is -0.383. The molecule has 1 amide bonds. The van der Waals surface area contributed by atoms with E-state index in [4.69, 9.17) is 10.00 Å². The number of amides is 1. The van der Waals surface area contributed by atoms with E-state index >= 15 is 0 Å². The maximum absolute atomic E-state index is 11.8. The molecule has 1 atom stereocenters. The average Bonchev–Trinajstić information content (AvgIpc) is 2.71. The number of methoxy groups -OCH3 is 1. The molecule has 1 aromatic heterocycles. The van der Waals surface area contributed by atoms with Crippen molar-refractivity contribution < 1.29 is 9.53 Å². The maximum Gasteiger partial charge on any atom is 0.262 e. The number of nitrogens with zero attached hydrogens (tertiary/aromatic N) is 1. The lowest BCUT2D eigenvalue weighted by atomic mass is 10.2. The summed E-state index contributed by atoms with van der Waals surface area (Å²) in [6.07, 6.45) is 1.57. The number of hydrogen-bond acceptors (Lipinski definition) is 4. The van der Waals surface area contributed by atoms with Crippen molar-refractivity contribution in [2.75, 3.05) is 13.7 Å². The van der Waals surface area contributed by atoms with Gasteiger partial charge >= 0.3 is 0 Å². The fraction of sp³-hybridized carbons (Fsp3) is 0.333. The van der Waals surface area contributed by atoms with Crippen LogP contribution in [-0.4, -0.2) is 25.7 Å². The van der Waals surface area contributed by atoms with E-state index in [0.717, 1.165) is 9.35 Å². The van der Waals surface area contributed by atoms with Crippen LogP contribution in [0.15, 0.2) is 21.5 Å². The average molecular weight is 329 g/mol. The van der Waals surface area contributed by atoms with Crippen LogP contribution in [0.5, 0.6) is 0 Å². The molecule has 0 radical (unpaired) electrons. The van der Waals surface area contributed by atoms with Crippen molar-refractivity contribution in [1.29, 1.82) is 5.26 Å². The van der Waals surface area contributed by atoms with E-state index in [1.54, 1.807) is 13.2 Å². The van der Waals surface area contributed by atoms with Gasteiger partial charge in [-0.2, -0.15) is 5.26 Å². The number of halogens is 1. The Labute approximate surface area is 118 Å². The highest BCUT2D eigenvalue weighted by molar-refractivity contribution is 9.10. The number of nitriles is 1. The number of thiophene rings is 1. The predicted octanol–water partition coefficient (Wildman–Crippen LogP) is 2.57. The topological polar surface area (TPSA) is 62.1 Å². The third kappa shape index (κ3) is 4.61. The van der Waals surface area contributed by atoms with E-state index in [1.165, 1.54) is 11.3 Å². The van der Waals surface area contributed by atoms with Gasteiger partial charge in [0, 0.05) is 27.9 Å². The fourth-order valence-corrected chi connectivity index (χ4v) is 2.66. The van der Waals surface area contributed by atoms with E-state index in [-0.39, 0.29) is 17.5 Å². The van der Waals surface area contributed by atoms with Crippen LogP contribution in [0.25, 0.3) is 6.08 Å². The van der Waals surface area contributed by atoms with Gasteiger partial charge in [-0.1, -0.05) is 0 Å². The second-order valence-electron chi connectivity index (χ2n) is 3.67. The standard InChI is InChI=1S/C12H13BrN2O2S/c1-8(6-17-2)15-12(16)9(5-14)3-11-4-10(13)7-18-11/h3-4,7-8H,6H2,1-2H3,(H,15,16)/b9-3-. The number of rotatable bonds is 5. The molecule has 0 saturated heterocycles. The smallest absolute Gasteiger partial charge is 0.262 e. The third-order valence-electron chi connectivity index (χ3n) is 2.03. The van der Waals surface area contributed by atoms with Crippen molar-refractivity contribution in [2.24, 2.45) is 0 Å². The van der Waals surface area contributed by atoms with Gasteiger partial charge in [-0.15, -0.1) is 11.3 Å². The molecule has 1 aromatic rings. The molecule has 0 aliphatic rings. The molecular formula is C12H13BrN2O2S. The summed E-state index contributed by atoms with van der Waals surface area (Å²) in [6.45, 7) is 2.23. The van der Waals surface area contributed by atoms with E-state index < -0.39 is 0 Å². The number of hydrogen-bond donors (Lipinski definition) is 1. The van der Waals surface area contributed by atoms with Crippen molar-refractivity contribution in [1.82, 2.24) is 5.32 Å². The molecule has 0 fully saturated rings. The van der Waals surface area contributed by atoms with E-state index in [1.807, 2.05) is 24.4 Å². The first-order valence-electron chi connectivity index (χ1n) is 5.22. The summed E-state index contributed by atoms with van der Waals surface area (Å²) >= 11 is 4.78. The van der Waals surface area contributed by atoms with E-state index in [2.05, 4.69) is 21.2 Å². The Morgan fingerprint density at radius 2 is 2.50 bits per heavy atom. The fourth-order valence-electron chi connectivity index (χ4n) is 1.29. The zero-order chi connectivity index (χ0) is 13.5. The first-order chi connectivity index (χ1) is 8.56. The zero-order valence-corrected chi connectivity index (χ0v) is 12.5. The lowest BCUT2D eigenvalue weighted by molar-refractivity contribution is -0.117. The Morgan fingerprint density at radius 1 is 1.78 bits per heavy atom. The monoisotopic (exact) mass is 328 g/mol. The SMILES string of the molecule is COCC(C)NC(=O)/C(C#N)=C\c1cc(Br)cs1. The van der Waals surface area contributed by atoms with Gasteiger partial charge in [0.1, 0.15) is 11.6 Å². The molecule has 96 valence electrons. The summed E-state index contributed by atoms with van der Waals surface area (Å²) in [4.78, 5) is 12.7. The van der Waals surface area contributed by atoms with Crippen molar-refractivity contribution in [3.63, 3.8) is 0 Å². The first kappa shape index (κ1) is 14.9. The Bertz CT molecular complexity index is 491. The van der Waals surface area contributed by atoms with E-state index in [0.29, 0.717) is 6.61 Å². The molecule has 0 aliphatic carbocycles. The lowest BCUT2D eigenvalue weighted by Gasteiger charge is -2.11. The van der Waals surface area contributed by atoms with Crippen LogP contribution in [-0.2, 0) is 9.53 Å². The van der Waals surface area contributed by atoms with Gasteiger partial charge in [0.25, 0.3) is 5.91 Å². The molecular weight excluding hydrogens is 316 g/mol. The minimum Gasteiger partial charge on any atom is -0.383 e. The van der Waals surface area contributed by atoms with E-state index in [9.17, 15) is 4.79 Å². The molecule has 1 heterocycles. The molecule has 1 unspecified atom stereocenters. The van der Waals surface area contributed by atoms with Crippen LogP contribution >= 0.6 is 27.3 Å². The van der Waals surface area contributed by atoms with Crippen LogP contribution in [0.4, 0.5) is 0 Å². The van der Waals surface area contributed by atoms with Crippen LogP contribution in [0.3, 0.4) is 0 Å². The van der Waals surface area contributed by atoms with Crippen LogP contribution in [0, 0.1) is 11.3 Å². The molecule has 1 rings (SSSR count). The highest BCUT2D eigenvalue weighted by Crippen LogP contribution is 2.22. The molecule has 0 spiro atoms. The minimum absolute atomic E-state index is 0.0901. The molecule has 6 heteroatoms. The van der Waals surface area contributed by atoms with Gasteiger partial charge in [0.15, 0.2) is 0 Å². The highest BCUT2D eigenvalue weighted by Gasteiger charge is 2.12. The van der Waals surface area contributed by atoms with Crippen LogP contribution in [0.2, 0.25) is 0 Å². The summed E-state index contributed by atoms with van der Waals surface area (Å²) in [7, 11) is 1.56. The third-order valence-corrected chi connectivity index (χ3v) is 3.67. The van der Waals surface area contributed by atoms with Crippen molar-refractivity contribution in [2.45, 2.75) is 13.0 Å². The van der Waals surface area contributed by atoms with Crippen LogP contribution in [0.1, 0.15) is 11.8 Å². The summed E-state index contributed by atoms with van der Waals surface area (Å²) in [6, 6.07) is 3.63. The van der Waals surface area contributed by atoms with Gasteiger partial charge in [-0.25, -0.2) is 0 Å². The number of ether oxygens (including phenoxy) is 1. The van der Waals surface area contributed by atoms with Gasteiger partial charge in [0.05, 0.1) is 6.61 Å². The molecule has 1 N–H and O–H groups in total.